The molecule has 0 unspecified atom stereocenters. The molecule has 2 N–H and O–H groups in total. The number of nitrogens with one attached hydrogen (secondary N) is 1. The van der Waals surface area contributed by atoms with Gasteiger partial charge in [0.2, 0.25) is 0 Å². The summed E-state index contributed by atoms with van der Waals surface area (Å²) in [6.45, 7) is 1.44. The highest BCUT2D eigenvalue weighted by atomic mass is 32.2. The molecule has 0 bridgehead atoms. The van der Waals surface area contributed by atoms with Crippen LogP contribution < -0.4 is 5.69 Å². The number of aromatic carboxylic acids is 1. The van der Waals surface area contributed by atoms with E-state index in [1.807, 2.05) is 0 Å². The molecule has 1 aromatic heterocycles. The number of aromatic nitrogens is 2. The number of rotatable bonds is 4. The van der Waals surface area contributed by atoms with Gasteiger partial charge in [-0.25, -0.2) is 18.4 Å². The van der Waals surface area contributed by atoms with Crippen LogP contribution in [0.3, 0.4) is 0 Å². The van der Waals surface area contributed by atoms with Crippen LogP contribution in [0.2, 0.25) is 0 Å². The van der Waals surface area contributed by atoms with Gasteiger partial charge in [0.15, 0.2) is 0 Å². The van der Waals surface area contributed by atoms with Crippen LogP contribution in [-0.4, -0.2) is 21.0 Å². The normalized spacial score (nSPS) is 10.6. The fraction of sp³-hybridized carbons (Fsp3) is 0.154. The van der Waals surface area contributed by atoms with Crippen molar-refractivity contribution in [3.05, 3.63) is 57.1 Å². The summed E-state index contributed by atoms with van der Waals surface area (Å²) in [6, 6.07) is 3.01. The molecule has 110 valence electrons. The smallest absolute Gasteiger partial charge is 0.346 e. The highest BCUT2D eigenvalue weighted by Gasteiger charge is 2.17. The highest BCUT2D eigenvalue weighted by Crippen LogP contribution is 2.25. The molecule has 0 radical (unpaired) electrons. The molecule has 8 heteroatoms. The van der Waals surface area contributed by atoms with Crippen molar-refractivity contribution in [2.75, 3.05) is 0 Å². The van der Waals surface area contributed by atoms with Gasteiger partial charge < -0.3 is 10.1 Å². The zero-order valence-corrected chi connectivity index (χ0v) is 11.6. The lowest BCUT2D eigenvalue weighted by Gasteiger charge is -2.07. The van der Waals surface area contributed by atoms with Gasteiger partial charge in [0.05, 0.1) is 0 Å². The number of halogens is 2. The third kappa shape index (κ3) is 3.66. The number of H-pyrrole nitrogens is 1. The molecule has 0 amide bonds. The van der Waals surface area contributed by atoms with Crippen molar-refractivity contribution in [2.24, 2.45) is 0 Å². The Kier molecular flexibility index (Phi) is 4.37. The molecule has 0 spiro atoms. The van der Waals surface area contributed by atoms with Gasteiger partial charge in [0.1, 0.15) is 22.2 Å². The summed E-state index contributed by atoms with van der Waals surface area (Å²) in [5, 5.41) is 9.14. The molecule has 0 aliphatic rings. The van der Waals surface area contributed by atoms with E-state index < -0.39 is 23.3 Å². The Morgan fingerprint density at radius 1 is 1.33 bits per heavy atom. The van der Waals surface area contributed by atoms with Crippen molar-refractivity contribution < 1.29 is 18.7 Å². The fourth-order valence-corrected chi connectivity index (χ4v) is 2.76. The minimum atomic E-state index is -1.23. The maximum absolute atomic E-state index is 13.1. The van der Waals surface area contributed by atoms with Gasteiger partial charge in [0, 0.05) is 17.5 Å². The lowest BCUT2D eigenvalue weighted by molar-refractivity contribution is 0.0690. The predicted molar refractivity (Wildman–Crippen MR) is 72.5 cm³/mol. The van der Waals surface area contributed by atoms with Crippen LogP contribution in [0, 0.1) is 18.6 Å². The summed E-state index contributed by atoms with van der Waals surface area (Å²) in [5.41, 5.74) is -0.300. The lowest BCUT2D eigenvalue weighted by Crippen LogP contribution is -2.18. The largest absolute Gasteiger partial charge is 0.478 e. The van der Waals surface area contributed by atoms with E-state index in [1.54, 1.807) is 0 Å². The van der Waals surface area contributed by atoms with Crippen LogP contribution in [0.4, 0.5) is 8.78 Å². The SMILES string of the molecule is Cc1[nH]c(=O)nc(SCc2cc(F)cc(F)c2)c1C(=O)O. The Labute approximate surface area is 122 Å². The second-order valence-corrected chi connectivity index (χ2v) is 5.18. The standard InChI is InChI=1S/C13H10F2N2O3S/c1-6-10(12(18)19)11(17-13(20)16-6)21-5-7-2-8(14)4-9(15)3-7/h2-4H,5H2,1H3,(H,18,19)(H,16,17,20). The first-order valence-corrected chi connectivity index (χ1v) is 6.77. The number of hydrogen-bond acceptors (Lipinski definition) is 4. The maximum atomic E-state index is 13.1. The summed E-state index contributed by atoms with van der Waals surface area (Å²) in [4.78, 5) is 28.4. The number of carboxylic acids is 1. The molecule has 2 rings (SSSR count). The number of nitrogens with zero attached hydrogens (tertiary/aromatic N) is 1. The average molecular weight is 312 g/mol. The molecule has 5 nitrogen and oxygen atoms in total. The summed E-state index contributed by atoms with van der Waals surface area (Å²) in [7, 11) is 0. The molecule has 0 aliphatic carbocycles. The van der Waals surface area contributed by atoms with Crippen molar-refractivity contribution in [3.63, 3.8) is 0 Å². The number of hydrogen-bond donors (Lipinski definition) is 2. The van der Waals surface area contributed by atoms with Crippen molar-refractivity contribution in [1.29, 1.82) is 0 Å². The minimum absolute atomic E-state index is 0.00780. The first-order chi connectivity index (χ1) is 9.86. The Balaban J connectivity index is 2.31. The minimum Gasteiger partial charge on any atom is -0.478 e. The van der Waals surface area contributed by atoms with E-state index in [1.165, 1.54) is 6.92 Å². The first-order valence-electron chi connectivity index (χ1n) is 5.79. The molecule has 0 atom stereocenters. The van der Waals surface area contributed by atoms with Crippen molar-refractivity contribution in [3.8, 4) is 0 Å². The van der Waals surface area contributed by atoms with Crippen LogP contribution in [0.15, 0.2) is 28.0 Å². The van der Waals surface area contributed by atoms with Crippen molar-refractivity contribution in [1.82, 2.24) is 9.97 Å². The Hall–Kier alpha value is -2.22. The first kappa shape index (κ1) is 15.2. The van der Waals surface area contributed by atoms with Crippen molar-refractivity contribution >= 4 is 17.7 Å². The Morgan fingerprint density at radius 3 is 2.52 bits per heavy atom. The summed E-state index contributed by atoms with van der Waals surface area (Å²) in [6.07, 6.45) is 0. The number of aryl methyl sites for hydroxylation is 1. The van der Waals surface area contributed by atoms with Gasteiger partial charge >= 0.3 is 11.7 Å². The molecular weight excluding hydrogens is 302 g/mol. The second-order valence-electron chi connectivity index (χ2n) is 4.22. The maximum Gasteiger partial charge on any atom is 0.346 e. The van der Waals surface area contributed by atoms with E-state index in [-0.39, 0.29) is 22.0 Å². The number of benzene rings is 1. The molecule has 2 aromatic rings. The lowest BCUT2D eigenvalue weighted by atomic mass is 10.2. The van der Waals surface area contributed by atoms with E-state index in [4.69, 9.17) is 5.11 Å². The van der Waals surface area contributed by atoms with Gasteiger partial charge in [-0.1, -0.05) is 0 Å². The van der Waals surface area contributed by atoms with E-state index >= 15 is 0 Å². The molecular formula is C13H10F2N2O3S. The van der Waals surface area contributed by atoms with Crippen LogP contribution >= 0.6 is 11.8 Å². The highest BCUT2D eigenvalue weighted by molar-refractivity contribution is 7.98. The topological polar surface area (TPSA) is 83.0 Å². The van der Waals surface area contributed by atoms with Gasteiger partial charge in [0.25, 0.3) is 0 Å². The van der Waals surface area contributed by atoms with Gasteiger partial charge in [-0.15, -0.1) is 11.8 Å². The fourth-order valence-electron chi connectivity index (χ4n) is 1.76. The summed E-state index contributed by atoms with van der Waals surface area (Å²) in [5.74, 6) is -2.59. The zero-order valence-electron chi connectivity index (χ0n) is 10.8. The number of aromatic amines is 1. The molecule has 0 aliphatic heterocycles. The number of thioether (sulfide) groups is 1. The van der Waals surface area contributed by atoms with E-state index in [2.05, 4.69) is 9.97 Å². The van der Waals surface area contributed by atoms with Crippen molar-refractivity contribution in [2.45, 2.75) is 17.7 Å². The van der Waals surface area contributed by atoms with Gasteiger partial charge in [-0.2, -0.15) is 4.98 Å². The molecule has 0 fully saturated rings. The number of carbonyl (C=O) groups is 1. The van der Waals surface area contributed by atoms with E-state index in [9.17, 15) is 18.4 Å². The van der Waals surface area contributed by atoms with Crippen LogP contribution in [0.5, 0.6) is 0 Å². The van der Waals surface area contributed by atoms with E-state index in [0.29, 0.717) is 5.56 Å². The van der Waals surface area contributed by atoms with Crippen LogP contribution in [0.1, 0.15) is 21.6 Å². The summed E-state index contributed by atoms with van der Waals surface area (Å²) < 4.78 is 26.2. The van der Waals surface area contributed by atoms with Gasteiger partial charge in [-0.05, 0) is 24.6 Å². The Morgan fingerprint density at radius 2 is 1.95 bits per heavy atom. The average Bonchev–Trinajstić information content (AvgIpc) is 2.33. The quantitative estimate of drug-likeness (QED) is 0.669. The van der Waals surface area contributed by atoms with E-state index in [0.717, 1.165) is 30.0 Å². The molecule has 1 heterocycles. The third-order valence-electron chi connectivity index (χ3n) is 2.60. The molecule has 21 heavy (non-hydrogen) atoms. The molecule has 0 saturated carbocycles. The van der Waals surface area contributed by atoms with Crippen LogP contribution in [0.25, 0.3) is 0 Å². The second kappa shape index (κ2) is 6.04. The van der Waals surface area contributed by atoms with Gasteiger partial charge in [-0.3, -0.25) is 0 Å². The number of carboxylic acid groups (broad SMARTS) is 1. The zero-order chi connectivity index (χ0) is 15.6. The third-order valence-corrected chi connectivity index (χ3v) is 3.64. The Bertz CT molecular complexity index is 741. The van der Waals surface area contributed by atoms with Crippen LogP contribution in [-0.2, 0) is 5.75 Å². The predicted octanol–water partition coefficient (Wildman–Crippen LogP) is 2.35. The summed E-state index contributed by atoms with van der Waals surface area (Å²) >= 11 is 0.929. The molecule has 0 saturated heterocycles. The monoisotopic (exact) mass is 312 g/mol. The molecule has 1 aromatic carbocycles.